The van der Waals surface area contributed by atoms with Gasteiger partial charge in [-0.05, 0) is 50.2 Å². The van der Waals surface area contributed by atoms with Crippen molar-refractivity contribution in [2.45, 2.75) is 26.5 Å². The summed E-state index contributed by atoms with van der Waals surface area (Å²) in [5.74, 6) is -0.661. The fourth-order valence-electron chi connectivity index (χ4n) is 3.67. The van der Waals surface area contributed by atoms with Crippen molar-refractivity contribution in [2.75, 3.05) is 26.3 Å². The summed E-state index contributed by atoms with van der Waals surface area (Å²) < 4.78 is 30.8. The number of nitrogens with zero attached hydrogens (tertiary/aromatic N) is 1. The van der Waals surface area contributed by atoms with Crippen LogP contribution in [0.1, 0.15) is 29.8 Å². The number of furan rings is 1. The van der Waals surface area contributed by atoms with Crippen molar-refractivity contribution in [2.24, 2.45) is 0 Å². The molecule has 0 bridgehead atoms. The van der Waals surface area contributed by atoms with Crippen molar-refractivity contribution >= 4 is 16.9 Å². The first-order chi connectivity index (χ1) is 14.4. The fraction of sp³-hybridized carbons (Fsp3) is 0.348. The Kier molecular flexibility index (Phi) is 5.74. The maximum atomic E-state index is 13.3. The molecule has 0 aliphatic carbocycles. The summed E-state index contributed by atoms with van der Waals surface area (Å²) in [4.78, 5) is 14.3. The average molecular weight is 413 g/mol. The number of carbonyl (C=O) groups is 1. The van der Waals surface area contributed by atoms with Crippen LogP contribution < -0.4 is 4.74 Å². The third-order valence-corrected chi connectivity index (χ3v) is 5.05. The molecule has 0 atom stereocenters. The Balaban J connectivity index is 1.84. The van der Waals surface area contributed by atoms with Crippen molar-refractivity contribution in [3.05, 3.63) is 53.3 Å². The predicted molar refractivity (Wildman–Crippen MR) is 110 cm³/mol. The van der Waals surface area contributed by atoms with Crippen LogP contribution in [-0.2, 0) is 11.3 Å². The molecule has 1 N–H and O–H groups in total. The minimum absolute atomic E-state index is 0.0446. The van der Waals surface area contributed by atoms with E-state index in [2.05, 4.69) is 4.90 Å². The van der Waals surface area contributed by atoms with E-state index in [0.717, 1.165) is 18.7 Å². The maximum Gasteiger partial charge on any atom is 0.340 e. The van der Waals surface area contributed by atoms with E-state index in [1.54, 1.807) is 6.07 Å². The first-order valence-electron chi connectivity index (χ1n) is 9.98. The molecule has 6 nitrogen and oxygen atoms in total. The van der Waals surface area contributed by atoms with Crippen LogP contribution in [0.15, 0.2) is 40.8 Å². The van der Waals surface area contributed by atoms with E-state index < -0.39 is 11.8 Å². The fourth-order valence-corrected chi connectivity index (χ4v) is 3.67. The van der Waals surface area contributed by atoms with Crippen LogP contribution in [0.25, 0.3) is 22.3 Å². The molecule has 0 spiro atoms. The van der Waals surface area contributed by atoms with Gasteiger partial charge in [0, 0.05) is 36.1 Å². The van der Waals surface area contributed by atoms with E-state index in [1.165, 1.54) is 24.3 Å². The van der Waals surface area contributed by atoms with Gasteiger partial charge in [-0.25, -0.2) is 9.18 Å². The Morgan fingerprint density at radius 2 is 1.90 bits per heavy atom. The molecule has 0 saturated carbocycles. The van der Waals surface area contributed by atoms with Gasteiger partial charge in [0.2, 0.25) is 0 Å². The Morgan fingerprint density at radius 1 is 1.20 bits per heavy atom. The zero-order valence-electron chi connectivity index (χ0n) is 17.0. The Morgan fingerprint density at radius 3 is 2.53 bits per heavy atom. The molecule has 0 unspecified atom stereocenters. The summed E-state index contributed by atoms with van der Waals surface area (Å²) in [6.07, 6.45) is -0.0670. The maximum absolute atomic E-state index is 13.3. The number of rotatable bonds is 6. The van der Waals surface area contributed by atoms with Crippen LogP contribution in [0, 0.1) is 5.82 Å². The van der Waals surface area contributed by atoms with Crippen LogP contribution in [0.4, 0.5) is 4.39 Å². The summed E-state index contributed by atoms with van der Waals surface area (Å²) in [5.41, 5.74) is 1.94. The normalized spacial score (nSPS) is 15.1. The summed E-state index contributed by atoms with van der Waals surface area (Å²) in [7, 11) is 0. The Bertz CT molecular complexity index is 1050. The number of hydrogen-bond donors (Lipinski definition) is 1. The number of halogens is 1. The zero-order chi connectivity index (χ0) is 21.3. The predicted octanol–water partition coefficient (Wildman–Crippen LogP) is 4.56. The van der Waals surface area contributed by atoms with Crippen LogP contribution in [0.2, 0.25) is 0 Å². The number of carboxylic acids is 1. The minimum atomic E-state index is -1.11. The number of morpholine rings is 1. The number of fused-ring (bicyclic) bond motifs is 1. The first kappa shape index (κ1) is 20.4. The lowest BCUT2D eigenvalue weighted by Gasteiger charge is -2.27. The molecule has 30 heavy (non-hydrogen) atoms. The van der Waals surface area contributed by atoms with Gasteiger partial charge >= 0.3 is 5.97 Å². The molecule has 4 rings (SSSR count). The van der Waals surface area contributed by atoms with Crippen molar-refractivity contribution in [3.63, 3.8) is 0 Å². The third kappa shape index (κ3) is 4.17. The van der Waals surface area contributed by atoms with Gasteiger partial charge in [0.05, 0.1) is 19.3 Å². The third-order valence-electron chi connectivity index (χ3n) is 5.05. The summed E-state index contributed by atoms with van der Waals surface area (Å²) in [5, 5.41) is 10.3. The molecular formula is C23H24FNO5. The van der Waals surface area contributed by atoms with Crippen LogP contribution in [0.3, 0.4) is 0 Å². The molecule has 2 heterocycles. The lowest BCUT2D eigenvalue weighted by Crippen LogP contribution is -2.35. The average Bonchev–Trinajstić information content (AvgIpc) is 3.07. The smallest absolute Gasteiger partial charge is 0.340 e. The van der Waals surface area contributed by atoms with Crippen molar-refractivity contribution < 1.29 is 28.2 Å². The number of aromatic carboxylic acids is 1. The molecule has 1 aliphatic rings. The van der Waals surface area contributed by atoms with Gasteiger partial charge in [0.25, 0.3) is 0 Å². The highest BCUT2D eigenvalue weighted by molar-refractivity contribution is 6.08. The standard InChI is InChI=1S/C23H24FNO5/c1-14(2)29-19-12-18-20(11-16(19)13-25-7-9-28-10-8-25)30-22(21(18)23(26)27)15-3-5-17(24)6-4-15/h3-6,11-12,14H,7-10,13H2,1-2H3,(H,26,27). The molecular weight excluding hydrogens is 389 g/mol. The number of carboxylic acid groups (broad SMARTS) is 1. The monoisotopic (exact) mass is 413 g/mol. The van der Waals surface area contributed by atoms with E-state index in [-0.39, 0.29) is 17.4 Å². The minimum Gasteiger partial charge on any atom is -0.491 e. The van der Waals surface area contributed by atoms with Crippen LogP contribution in [-0.4, -0.2) is 48.4 Å². The molecule has 158 valence electrons. The lowest BCUT2D eigenvalue weighted by molar-refractivity contribution is 0.0337. The van der Waals surface area contributed by atoms with E-state index in [1.807, 2.05) is 19.9 Å². The Labute approximate surface area is 173 Å². The van der Waals surface area contributed by atoms with Gasteiger partial charge in [-0.3, -0.25) is 4.90 Å². The summed E-state index contributed by atoms with van der Waals surface area (Å²) in [6, 6.07) is 9.18. The second-order valence-corrected chi connectivity index (χ2v) is 7.63. The van der Waals surface area contributed by atoms with E-state index >= 15 is 0 Å². The first-order valence-corrected chi connectivity index (χ1v) is 9.98. The molecule has 1 fully saturated rings. The van der Waals surface area contributed by atoms with Gasteiger partial charge in [0.15, 0.2) is 0 Å². The largest absolute Gasteiger partial charge is 0.491 e. The van der Waals surface area contributed by atoms with Crippen LogP contribution >= 0.6 is 0 Å². The molecule has 7 heteroatoms. The molecule has 1 aromatic heterocycles. The Hall–Kier alpha value is -2.90. The highest BCUT2D eigenvalue weighted by atomic mass is 19.1. The lowest BCUT2D eigenvalue weighted by atomic mass is 10.0. The van der Waals surface area contributed by atoms with Crippen molar-refractivity contribution in [1.29, 1.82) is 0 Å². The summed E-state index contributed by atoms with van der Waals surface area (Å²) >= 11 is 0. The number of benzene rings is 2. The molecule has 1 saturated heterocycles. The second kappa shape index (κ2) is 8.45. The van der Waals surface area contributed by atoms with Crippen LogP contribution in [0.5, 0.6) is 5.75 Å². The number of ether oxygens (including phenoxy) is 2. The molecule has 2 aromatic carbocycles. The van der Waals surface area contributed by atoms with Gasteiger partial charge in [-0.1, -0.05) is 0 Å². The quantitative estimate of drug-likeness (QED) is 0.639. The molecule has 3 aromatic rings. The highest BCUT2D eigenvalue weighted by Crippen LogP contribution is 2.38. The van der Waals surface area contributed by atoms with Gasteiger partial charge in [-0.15, -0.1) is 0 Å². The number of hydrogen-bond acceptors (Lipinski definition) is 5. The van der Waals surface area contributed by atoms with E-state index in [0.29, 0.717) is 42.0 Å². The topological polar surface area (TPSA) is 72.1 Å². The SMILES string of the molecule is CC(C)Oc1cc2c(C(=O)O)c(-c3ccc(F)cc3)oc2cc1CN1CCOCC1. The molecule has 0 radical (unpaired) electrons. The molecule has 0 amide bonds. The van der Waals surface area contributed by atoms with Crippen molar-refractivity contribution in [1.82, 2.24) is 4.90 Å². The van der Waals surface area contributed by atoms with Crippen molar-refractivity contribution in [3.8, 4) is 17.1 Å². The van der Waals surface area contributed by atoms with Gasteiger partial charge < -0.3 is 19.0 Å². The highest BCUT2D eigenvalue weighted by Gasteiger charge is 2.24. The van der Waals surface area contributed by atoms with Gasteiger partial charge in [0.1, 0.15) is 28.5 Å². The second-order valence-electron chi connectivity index (χ2n) is 7.63. The molecule has 1 aliphatic heterocycles. The summed E-state index contributed by atoms with van der Waals surface area (Å²) in [6.45, 7) is 7.51. The van der Waals surface area contributed by atoms with E-state index in [4.69, 9.17) is 13.9 Å². The van der Waals surface area contributed by atoms with E-state index in [9.17, 15) is 14.3 Å². The van der Waals surface area contributed by atoms with Gasteiger partial charge in [-0.2, -0.15) is 0 Å². The zero-order valence-corrected chi connectivity index (χ0v) is 17.0.